The summed E-state index contributed by atoms with van der Waals surface area (Å²) in [6.45, 7) is 3.47. The summed E-state index contributed by atoms with van der Waals surface area (Å²) in [5.41, 5.74) is 0.0942. The number of carboxylic acids is 1. The van der Waals surface area contributed by atoms with Crippen molar-refractivity contribution in [2.75, 3.05) is 18.0 Å². The first-order valence-electron chi connectivity index (χ1n) is 5.96. The number of carbonyl (C=O) groups is 1. The summed E-state index contributed by atoms with van der Waals surface area (Å²) in [4.78, 5) is 12.9. The van der Waals surface area contributed by atoms with Crippen LogP contribution in [-0.2, 0) is 0 Å². The zero-order valence-electron chi connectivity index (χ0n) is 10.1. The average molecular weight is 255 g/mol. The van der Waals surface area contributed by atoms with Gasteiger partial charge in [0.25, 0.3) is 0 Å². The SMILES string of the molecule is CC1CCN(c2cc(F)c(F)cc2C(=O)O)CC1. The van der Waals surface area contributed by atoms with E-state index < -0.39 is 17.6 Å². The van der Waals surface area contributed by atoms with Crippen LogP contribution in [0, 0.1) is 17.6 Å². The minimum atomic E-state index is -1.23. The predicted octanol–water partition coefficient (Wildman–Crippen LogP) is 2.90. The van der Waals surface area contributed by atoms with Crippen LogP contribution in [0.25, 0.3) is 0 Å². The van der Waals surface area contributed by atoms with Crippen LogP contribution in [0.1, 0.15) is 30.1 Å². The number of benzene rings is 1. The van der Waals surface area contributed by atoms with Crippen molar-refractivity contribution >= 4 is 11.7 Å². The normalized spacial score (nSPS) is 16.9. The van der Waals surface area contributed by atoms with E-state index in [0.29, 0.717) is 19.0 Å². The first kappa shape index (κ1) is 12.8. The van der Waals surface area contributed by atoms with Gasteiger partial charge in [0.2, 0.25) is 0 Å². The van der Waals surface area contributed by atoms with E-state index in [0.717, 1.165) is 25.0 Å². The number of carboxylic acid groups (broad SMARTS) is 1. The molecule has 1 saturated heterocycles. The van der Waals surface area contributed by atoms with Gasteiger partial charge in [0, 0.05) is 19.2 Å². The maximum absolute atomic E-state index is 13.3. The number of hydrogen-bond acceptors (Lipinski definition) is 2. The van der Waals surface area contributed by atoms with Gasteiger partial charge in [-0.15, -0.1) is 0 Å². The van der Waals surface area contributed by atoms with Gasteiger partial charge in [-0.05, 0) is 24.8 Å². The molecule has 0 amide bonds. The Morgan fingerprint density at radius 2 is 1.83 bits per heavy atom. The van der Waals surface area contributed by atoms with Crippen LogP contribution in [0.4, 0.5) is 14.5 Å². The smallest absolute Gasteiger partial charge is 0.337 e. The number of nitrogens with zero attached hydrogens (tertiary/aromatic N) is 1. The minimum absolute atomic E-state index is 0.177. The molecule has 0 saturated carbocycles. The van der Waals surface area contributed by atoms with Gasteiger partial charge >= 0.3 is 5.97 Å². The monoisotopic (exact) mass is 255 g/mol. The number of hydrogen-bond donors (Lipinski definition) is 1. The lowest BCUT2D eigenvalue weighted by molar-refractivity contribution is 0.0697. The molecule has 1 aromatic carbocycles. The molecular formula is C13H15F2NO2. The van der Waals surface area contributed by atoms with E-state index >= 15 is 0 Å². The molecule has 1 fully saturated rings. The summed E-state index contributed by atoms with van der Waals surface area (Å²) < 4.78 is 26.4. The molecule has 18 heavy (non-hydrogen) atoms. The Labute approximate surface area is 104 Å². The minimum Gasteiger partial charge on any atom is -0.478 e. The Balaban J connectivity index is 2.36. The van der Waals surface area contributed by atoms with Gasteiger partial charge in [0.1, 0.15) is 0 Å². The number of anilines is 1. The fraction of sp³-hybridized carbons (Fsp3) is 0.462. The van der Waals surface area contributed by atoms with Crippen LogP contribution in [0.5, 0.6) is 0 Å². The van der Waals surface area contributed by atoms with Crippen molar-refractivity contribution < 1.29 is 18.7 Å². The molecule has 1 heterocycles. The van der Waals surface area contributed by atoms with E-state index in [9.17, 15) is 13.6 Å². The third-order valence-corrected chi connectivity index (χ3v) is 3.39. The molecule has 0 atom stereocenters. The largest absolute Gasteiger partial charge is 0.478 e. The van der Waals surface area contributed by atoms with E-state index in [1.807, 2.05) is 4.90 Å². The first-order valence-corrected chi connectivity index (χ1v) is 5.96. The number of piperidine rings is 1. The lowest BCUT2D eigenvalue weighted by Crippen LogP contribution is -2.34. The molecule has 0 spiro atoms. The maximum Gasteiger partial charge on any atom is 0.337 e. The highest BCUT2D eigenvalue weighted by Crippen LogP contribution is 2.28. The van der Waals surface area contributed by atoms with Crippen LogP contribution < -0.4 is 4.90 Å². The second-order valence-electron chi connectivity index (χ2n) is 4.76. The van der Waals surface area contributed by atoms with Crippen LogP contribution in [-0.4, -0.2) is 24.2 Å². The lowest BCUT2D eigenvalue weighted by atomic mass is 9.98. The third kappa shape index (κ3) is 2.44. The average Bonchev–Trinajstić information content (AvgIpc) is 2.33. The van der Waals surface area contributed by atoms with Crippen LogP contribution in [0.15, 0.2) is 12.1 Å². The fourth-order valence-corrected chi connectivity index (χ4v) is 2.22. The van der Waals surface area contributed by atoms with Gasteiger partial charge in [-0.1, -0.05) is 6.92 Å². The highest BCUT2D eigenvalue weighted by Gasteiger charge is 2.23. The Morgan fingerprint density at radius 1 is 1.28 bits per heavy atom. The molecule has 3 nitrogen and oxygen atoms in total. The summed E-state index contributed by atoms with van der Waals surface area (Å²) >= 11 is 0. The summed E-state index contributed by atoms with van der Waals surface area (Å²) in [5.74, 6) is -2.78. The molecule has 1 N–H and O–H groups in total. The lowest BCUT2D eigenvalue weighted by Gasteiger charge is -2.33. The van der Waals surface area contributed by atoms with Crippen molar-refractivity contribution in [2.24, 2.45) is 5.92 Å². The fourth-order valence-electron chi connectivity index (χ4n) is 2.22. The van der Waals surface area contributed by atoms with Gasteiger partial charge < -0.3 is 10.0 Å². The van der Waals surface area contributed by atoms with Gasteiger partial charge in [-0.25, -0.2) is 13.6 Å². The second-order valence-corrected chi connectivity index (χ2v) is 4.76. The summed E-state index contributed by atoms with van der Waals surface area (Å²) in [7, 11) is 0. The Bertz CT molecular complexity index is 468. The third-order valence-electron chi connectivity index (χ3n) is 3.39. The Kier molecular flexibility index (Phi) is 3.50. The molecule has 0 aromatic heterocycles. The van der Waals surface area contributed by atoms with E-state index in [1.165, 1.54) is 0 Å². The highest BCUT2D eigenvalue weighted by atomic mass is 19.2. The molecule has 0 aliphatic carbocycles. The van der Waals surface area contributed by atoms with Gasteiger partial charge in [0.15, 0.2) is 11.6 Å². The van der Waals surface area contributed by atoms with E-state index in [4.69, 9.17) is 5.11 Å². The van der Waals surface area contributed by atoms with Crippen LogP contribution >= 0.6 is 0 Å². The molecule has 98 valence electrons. The zero-order chi connectivity index (χ0) is 13.3. The van der Waals surface area contributed by atoms with Crippen molar-refractivity contribution in [1.29, 1.82) is 0 Å². The standard InChI is InChI=1S/C13H15F2NO2/c1-8-2-4-16(5-3-8)12-7-11(15)10(14)6-9(12)13(17)18/h6-8H,2-5H2,1H3,(H,17,18). The van der Waals surface area contributed by atoms with Crippen molar-refractivity contribution in [3.8, 4) is 0 Å². The van der Waals surface area contributed by atoms with Gasteiger partial charge in [-0.3, -0.25) is 0 Å². The van der Waals surface area contributed by atoms with Gasteiger partial charge in [0.05, 0.1) is 11.3 Å². The molecule has 2 rings (SSSR count). The molecule has 0 bridgehead atoms. The summed E-state index contributed by atoms with van der Waals surface area (Å²) in [5, 5.41) is 9.05. The maximum atomic E-state index is 13.3. The number of rotatable bonds is 2. The predicted molar refractivity (Wildman–Crippen MR) is 63.9 cm³/mol. The van der Waals surface area contributed by atoms with Crippen LogP contribution in [0.2, 0.25) is 0 Å². The van der Waals surface area contributed by atoms with Crippen molar-refractivity contribution in [3.05, 3.63) is 29.3 Å². The Hall–Kier alpha value is -1.65. The molecule has 1 aliphatic heterocycles. The molecule has 1 aliphatic rings. The van der Waals surface area contributed by atoms with E-state index in [-0.39, 0.29) is 11.3 Å². The molecule has 0 radical (unpaired) electrons. The molecule has 0 unspecified atom stereocenters. The summed E-state index contributed by atoms with van der Waals surface area (Å²) in [6.07, 6.45) is 1.86. The van der Waals surface area contributed by atoms with Crippen LogP contribution in [0.3, 0.4) is 0 Å². The van der Waals surface area contributed by atoms with Crippen molar-refractivity contribution in [1.82, 2.24) is 0 Å². The quantitative estimate of drug-likeness (QED) is 0.883. The van der Waals surface area contributed by atoms with E-state index in [2.05, 4.69) is 6.92 Å². The van der Waals surface area contributed by atoms with E-state index in [1.54, 1.807) is 0 Å². The molecule has 1 aromatic rings. The molecule has 5 heteroatoms. The van der Waals surface area contributed by atoms with Crippen molar-refractivity contribution in [3.63, 3.8) is 0 Å². The first-order chi connectivity index (χ1) is 8.49. The second kappa shape index (κ2) is 4.92. The van der Waals surface area contributed by atoms with Gasteiger partial charge in [-0.2, -0.15) is 0 Å². The number of halogens is 2. The topological polar surface area (TPSA) is 40.5 Å². The molecular weight excluding hydrogens is 240 g/mol. The summed E-state index contributed by atoms with van der Waals surface area (Å²) in [6, 6.07) is 1.74. The highest BCUT2D eigenvalue weighted by molar-refractivity contribution is 5.94. The zero-order valence-corrected chi connectivity index (χ0v) is 10.1. The van der Waals surface area contributed by atoms with Crippen molar-refractivity contribution in [2.45, 2.75) is 19.8 Å². The Morgan fingerprint density at radius 3 is 2.39 bits per heavy atom. The number of aromatic carboxylic acids is 1.